The molecule has 0 bridgehead atoms. The van der Waals surface area contributed by atoms with E-state index in [0.29, 0.717) is 0 Å². The maximum Gasteiger partial charge on any atom is 0.407 e. The molecule has 0 aromatic carbocycles. The van der Waals surface area contributed by atoms with Crippen molar-refractivity contribution >= 4 is 6.09 Å². The van der Waals surface area contributed by atoms with Crippen LogP contribution in [0.4, 0.5) is 4.79 Å². The largest absolute Gasteiger partial charge is 0.444 e. The van der Waals surface area contributed by atoms with Crippen LogP contribution >= 0.6 is 0 Å². The van der Waals surface area contributed by atoms with Gasteiger partial charge in [0, 0.05) is 25.1 Å². The summed E-state index contributed by atoms with van der Waals surface area (Å²) in [6, 6.07) is 0.00102. The van der Waals surface area contributed by atoms with Crippen LogP contribution in [0.5, 0.6) is 0 Å². The topological polar surface area (TPSA) is 70.6 Å². The Morgan fingerprint density at radius 3 is 2.81 bits per heavy atom. The second kappa shape index (κ2) is 5.50. The number of ether oxygens (including phenoxy) is 1. The molecule has 1 fully saturated rings. The SMILES string of the molecule is CC(C)(C)OC(=O)N[C@H]1CCNC[C@@H]1CO. The molecule has 0 unspecified atom stereocenters. The number of alkyl carbamates (subject to hydrolysis) is 1. The van der Waals surface area contributed by atoms with E-state index in [-0.39, 0.29) is 18.6 Å². The maximum absolute atomic E-state index is 11.6. The van der Waals surface area contributed by atoms with Crippen LogP contribution in [0.1, 0.15) is 27.2 Å². The first-order valence-electron chi connectivity index (χ1n) is 5.73. The van der Waals surface area contributed by atoms with E-state index in [1.807, 2.05) is 20.8 Å². The molecule has 1 saturated heterocycles. The van der Waals surface area contributed by atoms with Crippen molar-refractivity contribution in [1.82, 2.24) is 10.6 Å². The second-order valence-corrected chi connectivity index (χ2v) is 5.19. The zero-order chi connectivity index (χ0) is 12.2. The Bertz CT molecular complexity index is 238. The smallest absolute Gasteiger partial charge is 0.407 e. The van der Waals surface area contributed by atoms with Gasteiger partial charge >= 0.3 is 6.09 Å². The highest BCUT2D eigenvalue weighted by Gasteiger charge is 2.27. The Labute approximate surface area is 96.6 Å². The van der Waals surface area contributed by atoms with Crippen LogP contribution in [0.15, 0.2) is 0 Å². The van der Waals surface area contributed by atoms with E-state index in [0.717, 1.165) is 19.5 Å². The number of amides is 1. The third kappa shape index (κ3) is 4.37. The van der Waals surface area contributed by atoms with Crippen molar-refractivity contribution in [1.29, 1.82) is 0 Å². The number of nitrogens with one attached hydrogen (secondary N) is 2. The molecule has 2 atom stereocenters. The highest BCUT2D eigenvalue weighted by molar-refractivity contribution is 5.68. The van der Waals surface area contributed by atoms with Gasteiger partial charge in [-0.05, 0) is 33.7 Å². The van der Waals surface area contributed by atoms with Crippen LogP contribution in [0.2, 0.25) is 0 Å². The van der Waals surface area contributed by atoms with E-state index in [4.69, 9.17) is 4.74 Å². The van der Waals surface area contributed by atoms with Crippen LogP contribution in [0, 0.1) is 5.92 Å². The highest BCUT2D eigenvalue weighted by atomic mass is 16.6. The molecule has 5 nitrogen and oxygen atoms in total. The fourth-order valence-electron chi connectivity index (χ4n) is 1.76. The number of carbonyl (C=O) groups is 1. The summed E-state index contributed by atoms with van der Waals surface area (Å²) in [5.74, 6) is 0.0706. The minimum atomic E-state index is -0.480. The average molecular weight is 230 g/mol. The fraction of sp³-hybridized carbons (Fsp3) is 0.909. The molecule has 1 aliphatic rings. The van der Waals surface area contributed by atoms with Gasteiger partial charge in [-0.2, -0.15) is 0 Å². The Morgan fingerprint density at radius 1 is 1.56 bits per heavy atom. The molecule has 0 saturated carbocycles. The predicted molar refractivity (Wildman–Crippen MR) is 61.2 cm³/mol. The highest BCUT2D eigenvalue weighted by Crippen LogP contribution is 2.12. The summed E-state index contributed by atoms with van der Waals surface area (Å²) in [4.78, 5) is 11.6. The Morgan fingerprint density at radius 2 is 2.25 bits per heavy atom. The Balaban J connectivity index is 2.42. The van der Waals surface area contributed by atoms with Gasteiger partial charge < -0.3 is 20.5 Å². The van der Waals surface area contributed by atoms with E-state index in [1.165, 1.54) is 0 Å². The first-order valence-corrected chi connectivity index (χ1v) is 5.73. The molecule has 5 heteroatoms. The lowest BCUT2D eigenvalue weighted by Crippen LogP contribution is -2.51. The van der Waals surface area contributed by atoms with Gasteiger partial charge in [0.25, 0.3) is 0 Å². The minimum absolute atomic E-state index is 0.00102. The zero-order valence-electron chi connectivity index (χ0n) is 10.2. The molecule has 1 amide bonds. The third-order valence-electron chi connectivity index (χ3n) is 2.54. The van der Waals surface area contributed by atoms with E-state index in [1.54, 1.807) is 0 Å². The summed E-state index contributed by atoms with van der Waals surface area (Å²) in [7, 11) is 0. The number of rotatable bonds is 2. The normalized spacial score (nSPS) is 26.2. The molecular weight excluding hydrogens is 208 g/mol. The average Bonchev–Trinajstić information content (AvgIpc) is 2.15. The summed E-state index contributed by atoms with van der Waals surface area (Å²) in [6.45, 7) is 7.16. The predicted octanol–water partition coefficient (Wildman–Crippen LogP) is 0.481. The van der Waals surface area contributed by atoms with Crippen molar-refractivity contribution in [2.24, 2.45) is 5.92 Å². The van der Waals surface area contributed by atoms with Gasteiger partial charge in [0.2, 0.25) is 0 Å². The number of aliphatic hydroxyl groups is 1. The lowest BCUT2D eigenvalue weighted by atomic mass is 9.94. The summed E-state index contributed by atoms with van der Waals surface area (Å²) in [6.07, 6.45) is 0.419. The van der Waals surface area contributed by atoms with Gasteiger partial charge in [-0.3, -0.25) is 0 Å². The molecule has 0 aromatic heterocycles. The molecule has 0 aromatic rings. The summed E-state index contributed by atoms with van der Waals surface area (Å²) < 4.78 is 5.18. The monoisotopic (exact) mass is 230 g/mol. The van der Waals surface area contributed by atoms with Crippen molar-refractivity contribution in [2.75, 3.05) is 19.7 Å². The fourth-order valence-corrected chi connectivity index (χ4v) is 1.76. The molecule has 16 heavy (non-hydrogen) atoms. The van der Waals surface area contributed by atoms with Crippen molar-refractivity contribution < 1.29 is 14.6 Å². The lowest BCUT2D eigenvalue weighted by Gasteiger charge is -2.32. The molecule has 94 valence electrons. The van der Waals surface area contributed by atoms with Gasteiger partial charge in [-0.15, -0.1) is 0 Å². The van der Waals surface area contributed by atoms with Crippen molar-refractivity contribution in [2.45, 2.75) is 38.8 Å². The van der Waals surface area contributed by atoms with Crippen molar-refractivity contribution in [3.05, 3.63) is 0 Å². The van der Waals surface area contributed by atoms with Crippen LogP contribution in [-0.4, -0.2) is 42.5 Å². The summed E-state index contributed by atoms with van der Waals surface area (Å²) in [5, 5.41) is 15.2. The lowest BCUT2D eigenvalue weighted by molar-refractivity contribution is 0.0454. The van der Waals surface area contributed by atoms with E-state index in [9.17, 15) is 9.90 Å². The number of aliphatic hydroxyl groups excluding tert-OH is 1. The zero-order valence-corrected chi connectivity index (χ0v) is 10.2. The molecule has 1 heterocycles. The summed E-state index contributed by atoms with van der Waals surface area (Å²) >= 11 is 0. The van der Waals surface area contributed by atoms with Gasteiger partial charge in [0.05, 0.1) is 0 Å². The van der Waals surface area contributed by atoms with Crippen molar-refractivity contribution in [3.63, 3.8) is 0 Å². The standard InChI is InChI=1S/C11H22N2O3/c1-11(2,3)16-10(15)13-9-4-5-12-6-8(9)7-14/h8-9,12,14H,4-7H2,1-3H3,(H,13,15)/t8-,9+/m1/s1. The molecular formula is C11H22N2O3. The first kappa shape index (κ1) is 13.3. The van der Waals surface area contributed by atoms with Crippen LogP contribution in [0.25, 0.3) is 0 Å². The molecule has 0 spiro atoms. The number of piperidine rings is 1. The maximum atomic E-state index is 11.6. The van der Waals surface area contributed by atoms with Crippen molar-refractivity contribution in [3.8, 4) is 0 Å². The quantitative estimate of drug-likeness (QED) is 0.645. The molecule has 1 rings (SSSR count). The van der Waals surface area contributed by atoms with Gasteiger partial charge in [-0.1, -0.05) is 0 Å². The molecule has 0 radical (unpaired) electrons. The van der Waals surface area contributed by atoms with Gasteiger partial charge in [0.1, 0.15) is 5.60 Å². The number of carbonyl (C=O) groups excluding carboxylic acids is 1. The van der Waals surface area contributed by atoms with Gasteiger partial charge in [0.15, 0.2) is 0 Å². The summed E-state index contributed by atoms with van der Waals surface area (Å²) in [5.41, 5.74) is -0.480. The number of hydrogen-bond donors (Lipinski definition) is 3. The van der Waals surface area contributed by atoms with Gasteiger partial charge in [-0.25, -0.2) is 4.79 Å². The Kier molecular flexibility index (Phi) is 4.56. The second-order valence-electron chi connectivity index (χ2n) is 5.19. The van der Waals surface area contributed by atoms with E-state index in [2.05, 4.69) is 10.6 Å². The molecule has 3 N–H and O–H groups in total. The first-order chi connectivity index (χ1) is 7.42. The number of hydrogen-bond acceptors (Lipinski definition) is 4. The van der Waals surface area contributed by atoms with E-state index >= 15 is 0 Å². The van der Waals surface area contributed by atoms with Crippen LogP contribution in [-0.2, 0) is 4.74 Å². The van der Waals surface area contributed by atoms with E-state index < -0.39 is 11.7 Å². The van der Waals surface area contributed by atoms with Crippen LogP contribution in [0.3, 0.4) is 0 Å². The third-order valence-corrected chi connectivity index (χ3v) is 2.54. The molecule has 0 aliphatic carbocycles. The molecule has 1 aliphatic heterocycles. The minimum Gasteiger partial charge on any atom is -0.444 e. The van der Waals surface area contributed by atoms with Crippen LogP contribution < -0.4 is 10.6 Å². The Hall–Kier alpha value is -0.810.